The maximum atomic E-state index is 9.49. The summed E-state index contributed by atoms with van der Waals surface area (Å²) in [6.45, 7) is 8.02. The number of aliphatic hydroxyl groups excluding tert-OH is 1. The minimum Gasteiger partial charge on any atom is -0.394 e. The molecule has 1 unspecified atom stereocenters. The van der Waals surface area contributed by atoms with Gasteiger partial charge in [-0.05, 0) is 60.0 Å². The molecule has 0 aromatic carbocycles. The molecule has 3 heteroatoms. The molecule has 0 saturated heterocycles. The van der Waals surface area contributed by atoms with Crippen molar-refractivity contribution in [1.29, 1.82) is 0 Å². The zero-order chi connectivity index (χ0) is 12.9. The van der Waals surface area contributed by atoms with Gasteiger partial charge in [-0.1, -0.05) is 6.42 Å². The molecular formula is C14H30N2O. The van der Waals surface area contributed by atoms with Crippen LogP contribution in [0.4, 0.5) is 0 Å². The highest BCUT2D eigenvalue weighted by Crippen LogP contribution is 2.24. The molecule has 0 aromatic rings. The summed E-state index contributed by atoms with van der Waals surface area (Å²) in [5.74, 6) is 0. The highest BCUT2D eigenvalue weighted by Gasteiger charge is 2.31. The van der Waals surface area contributed by atoms with Crippen molar-refractivity contribution in [2.24, 2.45) is 0 Å². The molecule has 0 aliphatic heterocycles. The predicted molar refractivity (Wildman–Crippen MR) is 73.3 cm³/mol. The number of nitrogens with one attached hydrogen (secondary N) is 1. The van der Waals surface area contributed by atoms with Crippen molar-refractivity contribution in [3.63, 3.8) is 0 Å². The van der Waals surface area contributed by atoms with E-state index >= 15 is 0 Å². The van der Waals surface area contributed by atoms with Gasteiger partial charge in [-0.3, -0.25) is 0 Å². The Kier molecular flexibility index (Phi) is 5.90. The lowest BCUT2D eigenvalue weighted by atomic mass is 9.95. The first kappa shape index (κ1) is 14.9. The Bertz CT molecular complexity index is 216. The molecule has 0 amide bonds. The molecule has 0 aromatic heterocycles. The van der Waals surface area contributed by atoms with Crippen molar-refractivity contribution in [1.82, 2.24) is 10.2 Å². The quantitative estimate of drug-likeness (QED) is 0.607. The Morgan fingerprint density at radius 1 is 1.35 bits per heavy atom. The normalized spacial score (nSPS) is 19.9. The standard InChI is InChI=1S/C14H30N2O/c1-12(2)16(4)10-6-5-9-14(3,11-17)15-13-7-8-13/h12-13,15,17H,5-11H2,1-4H3. The van der Waals surface area contributed by atoms with E-state index in [1.165, 1.54) is 25.7 Å². The van der Waals surface area contributed by atoms with Crippen LogP contribution >= 0.6 is 0 Å². The fourth-order valence-corrected chi connectivity index (χ4v) is 2.05. The van der Waals surface area contributed by atoms with Crippen molar-refractivity contribution >= 4 is 0 Å². The van der Waals surface area contributed by atoms with Crippen LogP contribution in [0.1, 0.15) is 52.9 Å². The molecular weight excluding hydrogens is 212 g/mol. The van der Waals surface area contributed by atoms with Gasteiger partial charge in [0.2, 0.25) is 0 Å². The van der Waals surface area contributed by atoms with E-state index in [2.05, 4.69) is 38.0 Å². The van der Waals surface area contributed by atoms with Gasteiger partial charge in [0.15, 0.2) is 0 Å². The average Bonchev–Trinajstić information content (AvgIpc) is 3.07. The SMILES string of the molecule is CC(C)N(C)CCCCC(C)(CO)NC1CC1. The van der Waals surface area contributed by atoms with Gasteiger partial charge in [-0.2, -0.15) is 0 Å². The van der Waals surface area contributed by atoms with E-state index in [1.807, 2.05) is 0 Å². The second-order valence-electron chi connectivity index (χ2n) is 6.17. The van der Waals surface area contributed by atoms with Gasteiger partial charge < -0.3 is 15.3 Å². The molecule has 0 radical (unpaired) electrons. The van der Waals surface area contributed by atoms with Gasteiger partial charge in [0.25, 0.3) is 0 Å². The minimum absolute atomic E-state index is 0.0580. The van der Waals surface area contributed by atoms with E-state index in [4.69, 9.17) is 0 Å². The number of hydrogen-bond donors (Lipinski definition) is 2. The molecule has 1 aliphatic rings. The highest BCUT2D eigenvalue weighted by molar-refractivity contribution is 4.92. The van der Waals surface area contributed by atoms with E-state index in [-0.39, 0.29) is 12.1 Å². The molecule has 0 heterocycles. The van der Waals surface area contributed by atoms with Crippen LogP contribution in [0.3, 0.4) is 0 Å². The number of unbranched alkanes of at least 4 members (excludes halogenated alkanes) is 1. The lowest BCUT2D eigenvalue weighted by Crippen LogP contribution is -2.47. The summed E-state index contributed by atoms with van der Waals surface area (Å²) in [5, 5.41) is 13.1. The summed E-state index contributed by atoms with van der Waals surface area (Å²) < 4.78 is 0. The molecule has 3 nitrogen and oxygen atoms in total. The Labute approximate surface area is 107 Å². The van der Waals surface area contributed by atoms with E-state index in [0.29, 0.717) is 12.1 Å². The van der Waals surface area contributed by atoms with Crippen LogP contribution in [0.2, 0.25) is 0 Å². The van der Waals surface area contributed by atoms with Gasteiger partial charge in [0.05, 0.1) is 6.61 Å². The summed E-state index contributed by atoms with van der Waals surface area (Å²) in [7, 11) is 2.18. The summed E-state index contributed by atoms with van der Waals surface area (Å²) in [6, 6.07) is 1.30. The van der Waals surface area contributed by atoms with Crippen LogP contribution < -0.4 is 5.32 Å². The Hall–Kier alpha value is -0.120. The van der Waals surface area contributed by atoms with Gasteiger partial charge in [-0.25, -0.2) is 0 Å². The van der Waals surface area contributed by atoms with Crippen molar-refractivity contribution in [2.45, 2.75) is 70.5 Å². The summed E-state index contributed by atoms with van der Waals surface area (Å²) in [6.07, 6.45) is 6.05. The zero-order valence-corrected chi connectivity index (χ0v) is 12.0. The van der Waals surface area contributed by atoms with Crippen molar-refractivity contribution < 1.29 is 5.11 Å². The Balaban J connectivity index is 2.14. The molecule has 17 heavy (non-hydrogen) atoms. The number of nitrogens with zero attached hydrogens (tertiary/aromatic N) is 1. The largest absolute Gasteiger partial charge is 0.394 e. The first-order chi connectivity index (χ1) is 7.97. The third kappa shape index (κ3) is 5.84. The van der Waals surface area contributed by atoms with Crippen LogP contribution in [0.5, 0.6) is 0 Å². The second kappa shape index (κ2) is 6.72. The van der Waals surface area contributed by atoms with Crippen LogP contribution in [0.15, 0.2) is 0 Å². The van der Waals surface area contributed by atoms with Crippen molar-refractivity contribution in [3.8, 4) is 0 Å². The van der Waals surface area contributed by atoms with Gasteiger partial charge in [0, 0.05) is 17.6 Å². The summed E-state index contributed by atoms with van der Waals surface area (Å²) >= 11 is 0. The van der Waals surface area contributed by atoms with Crippen LogP contribution in [-0.4, -0.2) is 47.8 Å². The maximum absolute atomic E-state index is 9.49. The van der Waals surface area contributed by atoms with Gasteiger partial charge in [-0.15, -0.1) is 0 Å². The molecule has 1 atom stereocenters. The lowest BCUT2D eigenvalue weighted by Gasteiger charge is -2.29. The monoisotopic (exact) mass is 242 g/mol. The second-order valence-corrected chi connectivity index (χ2v) is 6.17. The van der Waals surface area contributed by atoms with Crippen LogP contribution in [-0.2, 0) is 0 Å². The summed E-state index contributed by atoms with van der Waals surface area (Å²) in [4.78, 5) is 2.38. The molecule has 0 spiro atoms. The third-order valence-corrected chi connectivity index (χ3v) is 3.85. The Morgan fingerprint density at radius 3 is 2.47 bits per heavy atom. The average molecular weight is 242 g/mol. The number of rotatable bonds is 9. The molecule has 1 saturated carbocycles. The first-order valence-electron chi connectivity index (χ1n) is 7.05. The van der Waals surface area contributed by atoms with Crippen molar-refractivity contribution in [2.75, 3.05) is 20.2 Å². The van der Waals surface area contributed by atoms with Crippen LogP contribution in [0.25, 0.3) is 0 Å². The maximum Gasteiger partial charge on any atom is 0.0610 e. The fraction of sp³-hybridized carbons (Fsp3) is 1.00. The van der Waals surface area contributed by atoms with Crippen molar-refractivity contribution in [3.05, 3.63) is 0 Å². The molecule has 0 bridgehead atoms. The fourth-order valence-electron chi connectivity index (χ4n) is 2.05. The first-order valence-corrected chi connectivity index (χ1v) is 7.05. The van der Waals surface area contributed by atoms with Crippen LogP contribution in [0, 0.1) is 0 Å². The molecule has 1 rings (SSSR count). The minimum atomic E-state index is -0.0580. The molecule has 1 aliphatic carbocycles. The summed E-state index contributed by atoms with van der Waals surface area (Å²) in [5.41, 5.74) is -0.0580. The van der Waals surface area contributed by atoms with Gasteiger partial charge >= 0.3 is 0 Å². The highest BCUT2D eigenvalue weighted by atomic mass is 16.3. The number of hydrogen-bond acceptors (Lipinski definition) is 3. The zero-order valence-electron chi connectivity index (χ0n) is 12.0. The topological polar surface area (TPSA) is 35.5 Å². The van der Waals surface area contributed by atoms with E-state index in [9.17, 15) is 5.11 Å². The van der Waals surface area contributed by atoms with Gasteiger partial charge in [0.1, 0.15) is 0 Å². The molecule has 1 fully saturated rings. The predicted octanol–water partition coefficient (Wildman–Crippen LogP) is 2.00. The van der Waals surface area contributed by atoms with E-state index in [0.717, 1.165) is 13.0 Å². The van der Waals surface area contributed by atoms with E-state index in [1.54, 1.807) is 0 Å². The Morgan fingerprint density at radius 2 is 2.00 bits per heavy atom. The molecule has 2 N–H and O–H groups in total. The number of aliphatic hydroxyl groups is 1. The molecule has 102 valence electrons. The lowest BCUT2D eigenvalue weighted by molar-refractivity contribution is 0.158. The smallest absolute Gasteiger partial charge is 0.0610 e. The van der Waals surface area contributed by atoms with E-state index < -0.39 is 0 Å². The third-order valence-electron chi connectivity index (χ3n) is 3.85.